The number of hydrogen-bond acceptors (Lipinski definition) is 4. The Morgan fingerprint density at radius 1 is 1.15 bits per heavy atom. The first-order chi connectivity index (χ1) is 16.0. The summed E-state index contributed by atoms with van der Waals surface area (Å²) < 4.78 is 38.9. The molecule has 2 aromatic carbocycles. The maximum atomic E-state index is 13.5. The molecule has 2 amide bonds. The van der Waals surface area contributed by atoms with Crippen molar-refractivity contribution in [2.75, 3.05) is 18.0 Å². The van der Waals surface area contributed by atoms with Crippen LogP contribution in [0.5, 0.6) is 0 Å². The van der Waals surface area contributed by atoms with E-state index in [0.29, 0.717) is 23.4 Å². The van der Waals surface area contributed by atoms with E-state index >= 15 is 0 Å². The fraction of sp³-hybridized carbons (Fsp3) is 0.348. The standard InChI is InChI=1S/C23H22ClF3N2O4S/c1-14(15-5-7-16(24)8-6-15)29-13-20(30)28(11-3-2-4-21(31)32)19-10-9-17(34-23(25,26)27)12-18(19)22(29)33/h5-10,12,14H,2-4,11,13H2,1H3,(H,31,32)/t14-/m1/s1. The van der Waals surface area contributed by atoms with Gasteiger partial charge in [0.2, 0.25) is 5.91 Å². The lowest BCUT2D eigenvalue weighted by Gasteiger charge is -2.28. The zero-order valence-corrected chi connectivity index (χ0v) is 19.7. The molecule has 1 atom stereocenters. The van der Waals surface area contributed by atoms with Crippen LogP contribution in [0.15, 0.2) is 47.4 Å². The molecule has 0 bridgehead atoms. The lowest BCUT2D eigenvalue weighted by Crippen LogP contribution is -2.40. The summed E-state index contributed by atoms with van der Waals surface area (Å²) in [6, 6.07) is 9.91. The van der Waals surface area contributed by atoms with Gasteiger partial charge in [-0.1, -0.05) is 23.7 Å². The summed E-state index contributed by atoms with van der Waals surface area (Å²) in [5, 5.41) is 9.35. The summed E-state index contributed by atoms with van der Waals surface area (Å²) in [5.74, 6) is -1.93. The fourth-order valence-electron chi connectivity index (χ4n) is 3.74. The normalized spacial score (nSPS) is 15.2. The molecule has 0 spiro atoms. The van der Waals surface area contributed by atoms with Crippen LogP contribution in [0.1, 0.15) is 48.1 Å². The largest absolute Gasteiger partial charge is 0.481 e. The topological polar surface area (TPSA) is 77.9 Å². The van der Waals surface area contributed by atoms with E-state index in [2.05, 4.69) is 0 Å². The first-order valence-corrected chi connectivity index (χ1v) is 11.6. The molecule has 1 heterocycles. The number of carboxylic acid groups (broad SMARTS) is 1. The van der Waals surface area contributed by atoms with E-state index in [1.165, 1.54) is 21.9 Å². The van der Waals surface area contributed by atoms with Gasteiger partial charge in [0.1, 0.15) is 6.54 Å². The maximum Gasteiger partial charge on any atom is 0.446 e. The van der Waals surface area contributed by atoms with Crippen LogP contribution in [0.4, 0.5) is 18.9 Å². The van der Waals surface area contributed by atoms with Gasteiger partial charge in [-0.2, -0.15) is 13.2 Å². The summed E-state index contributed by atoms with van der Waals surface area (Å²) in [6.45, 7) is 1.59. The van der Waals surface area contributed by atoms with Crippen molar-refractivity contribution in [2.45, 2.75) is 42.6 Å². The molecule has 6 nitrogen and oxygen atoms in total. The number of benzene rings is 2. The Balaban J connectivity index is 1.98. The van der Waals surface area contributed by atoms with Crippen molar-refractivity contribution in [2.24, 2.45) is 0 Å². The molecular weight excluding hydrogens is 493 g/mol. The number of carboxylic acids is 1. The average Bonchev–Trinajstić information content (AvgIpc) is 2.85. The molecule has 11 heteroatoms. The quantitative estimate of drug-likeness (QED) is 0.358. The maximum absolute atomic E-state index is 13.5. The Morgan fingerprint density at radius 2 is 1.82 bits per heavy atom. The van der Waals surface area contributed by atoms with E-state index in [0.717, 1.165) is 6.07 Å². The van der Waals surface area contributed by atoms with Crippen LogP contribution < -0.4 is 4.90 Å². The van der Waals surface area contributed by atoms with Gasteiger partial charge in [0.05, 0.1) is 17.3 Å². The number of carbonyl (C=O) groups is 3. The Labute approximate surface area is 203 Å². The second-order valence-electron chi connectivity index (χ2n) is 7.78. The van der Waals surface area contributed by atoms with Crippen molar-refractivity contribution in [3.8, 4) is 0 Å². The van der Waals surface area contributed by atoms with Gasteiger partial charge in [-0.05, 0) is 67.4 Å². The molecule has 0 fully saturated rings. The van der Waals surface area contributed by atoms with Crippen molar-refractivity contribution in [3.63, 3.8) is 0 Å². The number of fused-ring (bicyclic) bond motifs is 1. The number of alkyl halides is 3. The molecule has 0 saturated carbocycles. The number of nitrogens with zero attached hydrogens (tertiary/aromatic N) is 2. The number of carbonyl (C=O) groups excluding carboxylic acids is 2. The molecule has 182 valence electrons. The van der Waals surface area contributed by atoms with Gasteiger partial charge in [-0.15, -0.1) is 0 Å². The lowest BCUT2D eigenvalue weighted by atomic mass is 10.1. The van der Waals surface area contributed by atoms with Crippen LogP contribution in [-0.4, -0.2) is 46.4 Å². The number of amides is 2. The van der Waals surface area contributed by atoms with Crippen LogP contribution >= 0.6 is 23.4 Å². The summed E-state index contributed by atoms with van der Waals surface area (Å²) in [7, 11) is 0. The second-order valence-corrected chi connectivity index (χ2v) is 9.36. The highest BCUT2D eigenvalue weighted by atomic mass is 35.5. The molecule has 0 aromatic heterocycles. The highest BCUT2D eigenvalue weighted by Crippen LogP contribution is 2.40. The van der Waals surface area contributed by atoms with E-state index in [4.69, 9.17) is 16.7 Å². The van der Waals surface area contributed by atoms with Crippen LogP contribution in [0.25, 0.3) is 0 Å². The minimum atomic E-state index is -4.54. The predicted octanol–water partition coefficient (Wildman–Crippen LogP) is 5.76. The van der Waals surface area contributed by atoms with Gasteiger partial charge < -0.3 is 14.9 Å². The summed E-state index contributed by atoms with van der Waals surface area (Å²) in [5.41, 5.74) is -3.63. The highest BCUT2D eigenvalue weighted by molar-refractivity contribution is 8.00. The van der Waals surface area contributed by atoms with Gasteiger partial charge in [0.15, 0.2) is 0 Å². The SMILES string of the molecule is C[C@H](c1ccc(Cl)cc1)N1CC(=O)N(CCCCC(=O)O)c2ccc(SC(F)(F)F)cc2C1=O. The first kappa shape index (κ1) is 25.9. The Kier molecular flexibility index (Phi) is 8.14. The molecular formula is C23H22ClF3N2O4S. The number of aliphatic carboxylic acids is 1. The zero-order chi connectivity index (χ0) is 25.0. The Morgan fingerprint density at radius 3 is 2.44 bits per heavy atom. The number of rotatable bonds is 8. The van der Waals surface area contributed by atoms with Crippen LogP contribution in [-0.2, 0) is 9.59 Å². The predicted molar refractivity (Wildman–Crippen MR) is 123 cm³/mol. The summed E-state index contributed by atoms with van der Waals surface area (Å²) in [6.07, 6.45) is 0.599. The van der Waals surface area contributed by atoms with Crippen molar-refractivity contribution in [3.05, 3.63) is 58.6 Å². The van der Waals surface area contributed by atoms with Crippen molar-refractivity contribution < 1.29 is 32.7 Å². The van der Waals surface area contributed by atoms with Crippen molar-refractivity contribution >= 4 is 46.8 Å². The number of anilines is 1. The molecule has 1 aliphatic rings. The Bertz CT molecular complexity index is 1080. The number of thioether (sulfide) groups is 1. The zero-order valence-electron chi connectivity index (χ0n) is 18.1. The molecule has 3 rings (SSSR count). The molecule has 1 N–H and O–H groups in total. The molecule has 0 aliphatic carbocycles. The van der Waals surface area contributed by atoms with E-state index in [1.54, 1.807) is 31.2 Å². The van der Waals surface area contributed by atoms with Gasteiger partial charge in [0, 0.05) is 22.9 Å². The third-order valence-electron chi connectivity index (χ3n) is 5.43. The van der Waals surface area contributed by atoms with Crippen LogP contribution in [0.2, 0.25) is 5.02 Å². The third kappa shape index (κ3) is 6.44. The van der Waals surface area contributed by atoms with Gasteiger partial charge in [0.25, 0.3) is 5.91 Å². The number of halogens is 4. The van der Waals surface area contributed by atoms with Crippen LogP contribution in [0, 0.1) is 0 Å². The minimum Gasteiger partial charge on any atom is -0.481 e. The Hall–Kier alpha value is -2.72. The smallest absolute Gasteiger partial charge is 0.446 e. The summed E-state index contributed by atoms with van der Waals surface area (Å²) in [4.78, 5) is 40.0. The monoisotopic (exact) mass is 514 g/mol. The number of hydrogen-bond donors (Lipinski definition) is 1. The van der Waals surface area contributed by atoms with Gasteiger partial charge >= 0.3 is 11.5 Å². The van der Waals surface area contributed by atoms with Crippen molar-refractivity contribution in [1.82, 2.24) is 4.90 Å². The minimum absolute atomic E-state index is 0.0147. The van der Waals surface area contributed by atoms with Crippen molar-refractivity contribution in [1.29, 1.82) is 0 Å². The van der Waals surface area contributed by atoms with Crippen LogP contribution in [0.3, 0.4) is 0 Å². The molecule has 2 aromatic rings. The molecule has 1 aliphatic heterocycles. The van der Waals surface area contributed by atoms with Gasteiger partial charge in [-0.3, -0.25) is 14.4 Å². The van der Waals surface area contributed by atoms with E-state index in [-0.39, 0.29) is 47.4 Å². The third-order valence-corrected chi connectivity index (χ3v) is 6.41. The van der Waals surface area contributed by atoms with E-state index < -0.39 is 29.3 Å². The molecule has 0 unspecified atom stereocenters. The lowest BCUT2D eigenvalue weighted by molar-refractivity contribution is -0.137. The average molecular weight is 515 g/mol. The summed E-state index contributed by atoms with van der Waals surface area (Å²) >= 11 is 5.61. The van der Waals surface area contributed by atoms with E-state index in [1.807, 2.05) is 0 Å². The highest BCUT2D eigenvalue weighted by Gasteiger charge is 2.36. The number of unbranched alkanes of at least 4 members (excludes halogenated alkanes) is 1. The second kappa shape index (κ2) is 10.7. The fourth-order valence-corrected chi connectivity index (χ4v) is 4.44. The van der Waals surface area contributed by atoms with E-state index in [9.17, 15) is 27.6 Å². The molecule has 34 heavy (non-hydrogen) atoms. The molecule has 0 saturated heterocycles. The van der Waals surface area contributed by atoms with Gasteiger partial charge in [-0.25, -0.2) is 0 Å². The molecule has 0 radical (unpaired) electrons. The first-order valence-electron chi connectivity index (χ1n) is 10.4.